The highest BCUT2D eigenvalue weighted by Gasteiger charge is 2.18. The van der Waals surface area contributed by atoms with Gasteiger partial charge in [-0.05, 0) is 12.2 Å². The SMILES string of the molecule is N[C@@H](CSCCCOC(=O)CC(O)C(=O)O)C(=O)O. The summed E-state index contributed by atoms with van der Waals surface area (Å²) in [5.74, 6) is -2.50. The minimum Gasteiger partial charge on any atom is -0.480 e. The Morgan fingerprint density at radius 3 is 2.37 bits per heavy atom. The van der Waals surface area contributed by atoms with Crippen molar-refractivity contribution in [3.05, 3.63) is 0 Å². The average molecular weight is 295 g/mol. The lowest BCUT2D eigenvalue weighted by Gasteiger charge is -2.07. The summed E-state index contributed by atoms with van der Waals surface area (Å²) in [6, 6.07) is -0.918. The molecule has 0 aromatic rings. The van der Waals surface area contributed by atoms with Crippen LogP contribution >= 0.6 is 11.8 Å². The van der Waals surface area contributed by atoms with E-state index in [-0.39, 0.29) is 12.4 Å². The zero-order valence-electron chi connectivity index (χ0n) is 10.2. The minimum absolute atomic E-state index is 0.0838. The van der Waals surface area contributed by atoms with Gasteiger partial charge in [0.1, 0.15) is 6.04 Å². The molecular weight excluding hydrogens is 278 g/mol. The van der Waals surface area contributed by atoms with E-state index in [1.165, 1.54) is 11.8 Å². The number of ether oxygens (including phenoxy) is 1. The van der Waals surface area contributed by atoms with E-state index < -0.39 is 36.5 Å². The minimum atomic E-state index is -1.75. The van der Waals surface area contributed by atoms with Gasteiger partial charge in [0, 0.05) is 5.75 Å². The van der Waals surface area contributed by atoms with E-state index in [0.717, 1.165) is 0 Å². The van der Waals surface area contributed by atoms with Gasteiger partial charge in [0.25, 0.3) is 0 Å². The molecule has 0 heterocycles. The molecule has 0 aliphatic carbocycles. The molecule has 0 rings (SSSR count). The largest absolute Gasteiger partial charge is 0.480 e. The zero-order chi connectivity index (χ0) is 14.8. The van der Waals surface area contributed by atoms with Crippen LogP contribution in [-0.4, -0.2) is 63.5 Å². The summed E-state index contributed by atoms with van der Waals surface area (Å²) in [6.07, 6.45) is -1.85. The first-order valence-electron chi connectivity index (χ1n) is 5.47. The third-order valence-electron chi connectivity index (χ3n) is 1.96. The molecule has 0 bridgehead atoms. The molecule has 0 aromatic heterocycles. The Labute approximate surface area is 113 Å². The lowest BCUT2D eigenvalue weighted by atomic mass is 10.2. The quantitative estimate of drug-likeness (QED) is 0.291. The number of esters is 1. The van der Waals surface area contributed by atoms with Crippen LogP contribution in [0.15, 0.2) is 0 Å². The summed E-state index contributed by atoms with van der Waals surface area (Å²) in [5, 5.41) is 25.7. The fourth-order valence-electron chi connectivity index (χ4n) is 0.933. The predicted octanol–water partition coefficient (Wildman–Crippen LogP) is -1.10. The molecule has 2 atom stereocenters. The number of rotatable bonds is 10. The van der Waals surface area contributed by atoms with Crippen LogP contribution in [0.2, 0.25) is 0 Å². The van der Waals surface area contributed by atoms with Crippen molar-refractivity contribution in [3.8, 4) is 0 Å². The zero-order valence-corrected chi connectivity index (χ0v) is 11.0. The molecule has 8 nitrogen and oxygen atoms in total. The lowest BCUT2D eigenvalue weighted by Crippen LogP contribution is -2.32. The number of aliphatic hydroxyl groups is 1. The van der Waals surface area contributed by atoms with Gasteiger partial charge in [0.2, 0.25) is 0 Å². The second-order valence-corrected chi connectivity index (χ2v) is 4.80. The Bertz CT molecular complexity index is 323. The average Bonchev–Trinajstić information content (AvgIpc) is 2.32. The van der Waals surface area contributed by atoms with Crippen LogP contribution in [0.4, 0.5) is 0 Å². The molecule has 0 saturated carbocycles. The van der Waals surface area contributed by atoms with Crippen molar-refractivity contribution in [2.75, 3.05) is 18.1 Å². The normalized spacial score (nSPS) is 13.6. The van der Waals surface area contributed by atoms with E-state index in [1.807, 2.05) is 0 Å². The first-order chi connectivity index (χ1) is 8.84. The summed E-state index contributed by atoms with van der Waals surface area (Å²) < 4.78 is 4.69. The number of thioether (sulfide) groups is 1. The van der Waals surface area contributed by atoms with Crippen LogP contribution in [0, 0.1) is 0 Å². The van der Waals surface area contributed by atoms with Crippen LogP contribution in [0.25, 0.3) is 0 Å². The Morgan fingerprint density at radius 1 is 1.21 bits per heavy atom. The van der Waals surface area contributed by atoms with Gasteiger partial charge in [-0.3, -0.25) is 9.59 Å². The van der Waals surface area contributed by atoms with Crippen molar-refractivity contribution in [2.45, 2.75) is 25.0 Å². The van der Waals surface area contributed by atoms with Gasteiger partial charge in [0.15, 0.2) is 6.10 Å². The fraction of sp³-hybridized carbons (Fsp3) is 0.700. The molecular formula is C10H17NO7S. The summed E-state index contributed by atoms with van der Waals surface area (Å²) in [5.41, 5.74) is 5.27. The van der Waals surface area contributed by atoms with Crippen molar-refractivity contribution in [3.63, 3.8) is 0 Å². The van der Waals surface area contributed by atoms with Gasteiger partial charge in [-0.25, -0.2) is 4.79 Å². The van der Waals surface area contributed by atoms with Gasteiger partial charge in [0.05, 0.1) is 13.0 Å². The van der Waals surface area contributed by atoms with Crippen LogP contribution in [0.5, 0.6) is 0 Å². The molecule has 9 heteroatoms. The summed E-state index contributed by atoms with van der Waals surface area (Å²) in [4.78, 5) is 31.7. The molecule has 0 spiro atoms. The van der Waals surface area contributed by atoms with Crippen molar-refractivity contribution >= 4 is 29.7 Å². The number of aliphatic carboxylic acids is 2. The van der Waals surface area contributed by atoms with E-state index >= 15 is 0 Å². The second kappa shape index (κ2) is 9.59. The van der Waals surface area contributed by atoms with Crippen molar-refractivity contribution in [1.82, 2.24) is 0 Å². The van der Waals surface area contributed by atoms with E-state index in [2.05, 4.69) is 0 Å². The lowest BCUT2D eigenvalue weighted by molar-refractivity contribution is -0.155. The molecule has 5 N–H and O–H groups in total. The maximum atomic E-state index is 11.0. The molecule has 0 saturated heterocycles. The number of carbonyl (C=O) groups is 3. The predicted molar refractivity (Wildman–Crippen MR) is 66.8 cm³/mol. The third-order valence-corrected chi connectivity index (χ3v) is 3.13. The number of carbonyl (C=O) groups excluding carboxylic acids is 1. The van der Waals surface area contributed by atoms with Gasteiger partial charge < -0.3 is 25.8 Å². The van der Waals surface area contributed by atoms with Gasteiger partial charge in [-0.2, -0.15) is 11.8 Å². The summed E-state index contributed by atoms with van der Waals surface area (Å²) in [7, 11) is 0. The maximum Gasteiger partial charge on any atom is 0.333 e. The Hall–Kier alpha value is -1.32. The molecule has 1 unspecified atom stereocenters. The number of hydrogen-bond donors (Lipinski definition) is 4. The van der Waals surface area contributed by atoms with Crippen molar-refractivity contribution in [2.24, 2.45) is 5.73 Å². The topological polar surface area (TPSA) is 147 Å². The number of carboxylic acid groups (broad SMARTS) is 2. The van der Waals surface area contributed by atoms with Gasteiger partial charge in [-0.1, -0.05) is 0 Å². The first-order valence-corrected chi connectivity index (χ1v) is 6.62. The van der Waals surface area contributed by atoms with E-state index in [4.69, 9.17) is 25.8 Å². The highest BCUT2D eigenvalue weighted by atomic mass is 32.2. The highest BCUT2D eigenvalue weighted by Crippen LogP contribution is 2.05. The molecule has 0 aliphatic heterocycles. The molecule has 0 aliphatic rings. The summed E-state index contributed by atoms with van der Waals surface area (Å²) >= 11 is 1.32. The Kier molecular flexibility index (Phi) is 8.92. The van der Waals surface area contributed by atoms with E-state index in [9.17, 15) is 14.4 Å². The van der Waals surface area contributed by atoms with Crippen molar-refractivity contribution in [1.29, 1.82) is 0 Å². The monoisotopic (exact) mass is 295 g/mol. The fourth-order valence-corrected chi connectivity index (χ4v) is 1.82. The first kappa shape index (κ1) is 17.7. The van der Waals surface area contributed by atoms with E-state index in [0.29, 0.717) is 12.2 Å². The molecule has 0 amide bonds. The Morgan fingerprint density at radius 2 is 1.84 bits per heavy atom. The number of carboxylic acids is 2. The molecule has 19 heavy (non-hydrogen) atoms. The highest BCUT2D eigenvalue weighted by molar-refractivity contribution is 7.99. The van der Waals surface area contributed by atoms with Gasteiger partial charge in [-0.15, -0.1) is 0 Å². The van der Waals surface area contributed by atoms with Crippen LogP contribution in [0.3, 0.4) is 0 Å². The standard InChI is InChI=1S/C10H17NO7S/c11-6(9(14)15)5-19-3-1-2-18-8(13)4-7(12)10(16)17/h6-7,12H,1-5,11H2,(H,14,15)(H,16,17)/t6-,7?/m0/s1. The van der Waals surface area contributed by atoms with Crippen LogP contribution < -0.4 is 5.73 Å². The second-order valence-electron chi connectivity index (χ2n) is 3.65. The van der Waals surface area contributed by atoms with Crippen LogP contribution in [0.1, 0.15) is 12.8 Å². The number of nitrogens with two attached hydrogens (primary N) is 1. The maximum absolute atomic E-state index is 11.0. The molecule has 0 fully saturated rings. The smallest absolute Gasteiger partial charge is 0.333 e. The number of hydrogen-bond acceptors (Lipinski definition) is 7. The molecule has 0 radical (unpaired) electrons. The molecule has 110 valence electrons. The Balaban J connectivity index is 3.52. The summed E-state index contributed by atoms with van der Waals surface area (Å²) in [6.45, 7) is 0.0838. The van der Waals surface area contributed by atoms with Gasteiger partial charge >= 0.3 is 17.9 Å². The third kappa shape index (κ3) is 9.28. The molecule has 0 aromatic carbocycles. The van der Waals surface area contributed by atoms with E-state index in [1.54, 1.807) is 0 Å². The van der Waals surface area contributed by atoms with Crippen LogP contribution in [-0.2, 0) is 19.1 Å². The van der Waals surface area contributed by atoms with Crippen molar-refractivity contribution < 1.29 is 34.4 Å². The number of aliphatic hydroxyl groups excluding tert-OH is 1.